The second-order valence-corrected chi connectivity index (χ2v) is 24.3. The van der Waals surface area contributed by atoms with Crippen molar-refractivity contribution in [3.63, 3.8) is 0 Å². The number of carbonyl (C=O) groups is 8. The number of alkyl carbamates (subject to hydrolysis) is 1. The van der Waals surface area contributed by atoms with Gasteiger partial charge in [-0.3, -0.25) is 33.6 Å². The molecule has 12 rings (SSSR count). The van der Waals surface area contributed by atoms with Gasteiger partial charge in [0.25, 0.3) is 17.7 Å². The second kappa shape index (κ2) is 39.3. The number of alkyl halides is 3. The van der Waals surface area contributed by atoms with Gasteiger partial charge in [0.15, 0.2) is 0 Å². The third kappa shape index (κ3) is 23.8. The number of para-hydroxylation sites is 3. The Morgan fingerprint density at radius 1 is 0.486 bits per heavy atom. The van der Waals surface area contributed by atoms with Gasteiger partial charge in [-0.2, -0.15) is 13.2 Å². The maximum Gasteiger partial charge on any atom is 1.00 e. The van der Waals surface area contributed by atoms with Crippen molar-refractivity contribution in [2.24, 2.45) is 11.5 Å². The number of ether oxygens (including phenoxy) is 3. The monoisotopic (exact) mass is 1500 g/mol. The van der Waals surface area contributed by atoms with Crippen LogP contribution in [0.1, 0.15) is 99.9 Å². The summed E-state index contributed by atoms with van der Waals surface area (Å²) in [5.41, 5.74) is 23.3. The summed E-state index contributed by atoms with van der Waals surface area (Å²) in [4.78, 5) is 109. The molecular weight excluding hydrogens is 1420 g/mol. The van der Waals surface area contributed by atoms with Crippen LogP contribution in [0.15, 0.2) is 201 Å². The van der Waals surface area contributed by atoms with Crippen LogP contribution in [0.4, 0.5) is 35.0 Å². The molecule has 558 valence electrons. The van der Waals surface area contributed by atoms with Crippen molar-refractivity contribution < 1.29 is 106 Å². The van der Waals surface area contributed by atoms with Gasteiger partial charge < -0.3 is 57.5 Å². The number of carbonyl (C=O) groups excluding carboxylic acids is 7. The van der Waals surface area contributed by atoms with Gasteiger partial charge in [0.1, 0.15) is 5.60 Å². The number of nitrogens with two attached hydrogens (primary N) is 2. The number of aromatic nitrogens is 9. The Labute approximate surface area is 644 Å². The van der Waals surface area contributed by atoms with E-state index in [4.69, 9.17) is 35.6 Å². The molecular formula is C77H75F3N15NaO13. The van der Waals surface area contributed by atoms with E-state index in [9.17, 15) is 46.7 Å². The molecule has 0 unspecified atom stereocenters. The Hall–Kier alpha value is -12.4. The molecule has 6 aromatic heterocycles. The van der Waals surface area contributed by atoms with Crippen LogP contribution in [-0.4, -0.2) is 127 Å². The molecule has 32 heteroatoms. The number of aldehydes is 1. The van der Waals surface area contributed by atoms with Crippen LogP contribution in [0.5, 0.6) is 0 Å². The Morgan fingerprint density at radius 3 is 1.14 bits per heavy atom. The van der Waals surface area contributed by atoms with Crippen molar-refractivity contribution in [2.45, 2.75) is 85.3 Å². The molecule has 0 aliphatic heterocycles. The van der Waals surface area contributed by atoms with Crippen molar-refractivity contribution in [3.8, 4) is 33.8 Å². The van der Waals surface area contributed by atoms with Gasteiger partial charge in [0, 0.05) is 72.0 Å². The molecule has 0 aliphatic rings. The number of halogens is 3. The molecule has 0 spiro atoms. The van der Waals surface area contributed by atoms with Crippen LogP contribution < -0.4 is 62.3 Å². The maximum atomic E-state index is 13.3. The third-order valence-electron chi connectivity index (χ3n) is 15.2. The number of fused-ring (bicyclic) bond motifs is 3. The Kier molecular flexibility index (Phi) is 30.2. The molecule has 0 aliphatic carbocycles. The fourth-order valence-corrected chi connectivity index (χ4v) is 10.6. The molecule has 0 fully saturated rings. The van der Waals surface area contributed by atoms with Gasteiger partial charge in [-0.05, 0) is 141 Å². The summed E-state index contributed by atoms with van der Waals surface area (Å²) in [5, 5.41) is 33.3. The average molecular weight is 1500 g/mol. The number of hydrogen-bond acceptors (Lipinski definition) is 20. The van der Waals surface area contributed by atoms with Crippen LogP contribution in [0.2, 0.25) is 0 Å². The molecule has 10 N–H and O–H groups in total. The predicted molar refractivity (Wildman–Crippen MR) is 393 cm³/mol. The number of carboxylic acid groups (broad SMARTS) is 1. The molecule has 28 nitrogen and oxygen atoms in total. The Morgan fingerprint density at radius 2 is 0.817 bits per heavy atom. The van der Waals surface area contributed by atoms with Gasteiger partial charge in [-0.1, -0.05) is 109 Å². The summed E-state index contributed by atoms with van der Waals surface area (Å²) >= 11 is 0. The first-order valence-electron chi connectivity index (χ1n) is 33.3. The largest absolute Gasteiger partial charge is 1.00 e. The number of esters is 2. The molecule has 0 saturated carbocycles. The van der Waals surface area contributed by atoms with E-state index in [2.05, 4.69) is 51.5 Å². The van der Waals surface area contributed by atoms with Gasteiger partial charge in [0.05, 0.1) is 66.1 Å². The van der Waals surface area contributed by atoms with Crippen LogP contribution in [-0.2, 0) is 72.3 Å². The zero-order chi connectivity index (χ0) is 76.8. The third-order valence-corrected chi connectivity index (χ3v) is 15.2. The van der Waals surface area contributed by atoms with Crippen molar-refractivity contribution in [2.75, 3.05) is 29.2 Å². The van der Waals surface area contributed by atoms with E-state index in [1.807, 2.05) is 109 Å². The van der Waals surface area contributed by atoms with E-state index in [1.54, 1.807) is 140 Å². The first-order chi connectivity index (χ1) is 51.3. The minimum atomic E-state index is -4.64. The van der Waals surface area contributed by atoms with Crippen molar-refractivity contribution in [3.05, 3.63) is 251 Å². The second-order valence-electron chi connectivity index (χ2n) is 24.3. The summed E-state index contributed by atoms with van der Waals surface area (Å²) in [7, 11) is 0. The molecule has 0 saturated heterocycles. The fraction of sp³-hybridized carbons (Fsp3) is 0.195. The molecule has 6 aromatic carbocycles. The van der Waals surface area contributed by atoms with Crippen molar-refractivity contribution >= 4 is 81.6 Å². The van der Waals surface area contributed by atoms with E-state index in [0.29, 0.717) is 76.0 Å². The fourth-order valence-electron chi connectivity index (χ4n) is 10.6. The number of carboxylic acids is 1. The average Bonchev–Trinajstić information content (AvgIpc) is 1.74. The standard InChI is InChI=1S/C29H31N5O5.C24H23N5O3.C22H19N5O3.C2HF3O.Na.H2O/c1-5-38-24(35)17-20-11-6-7-13-22(20)31-27(36)26-32-25(23-14-9-15-34(23)33-26)21-12-8-10-19(16-21)18-30-28(37)39-29(2,3)4;1-2-32-21(30)14-17-8-3-4-10-19(17)26-24(31)23-27-22(20-11-6-12-29(20)28-23)18-9-5-7-16(13-18)15-25;23-13-14-5-3-7-16(11-14)20-18-9-4-10-27(18)26-21(25-20)22(30)24-17-8-2-1-6-15(17)12-19(28)29;3-2(4,5)1-6;;/h6-16H,5,17-18H2,1-4H3,(H,30,37)(H,31,36);3-13H,2,14-15,25H2,1H3,(H,26,31);1-11H,12-13,23H2,(H,24,30)(H,28,29);1H;;1H2/q;;;;+1;/p-1. The van der Waals surface area contributed by atoms with Gasteiger partial charge in [-0.15, -0.1) is 15.3 Å². The maximum absolute atomic E-state index is 13.3. The molecule has 12 aromatic rings. The zero-order valence-electron chi connectivity index (χ0n) is 60.0. The van der Waals surface area contributed by atoms with Gasteiger partial charge >= 0.3 is 59.7 Å². The first-order valence-corrected chi connectivity index (χ1v) is 33.3. The van der Waals surface area contributed by atoms with Gasteiger partial charge in [0.2, 0.25) is 23.8 Å². The van der Waals surface area contributed by atoms with E-state index >= 15 is 0 Å². The normalized spacial score (nSPS) is 10.8. The number of amides is 4. The Bertz CT molecular complexity index is 5220. The van der Waals surface area contributed by atoms with Crippen LogP contribution in [0, 0.1) is 0 Å². The molecule has 6 heterocycles. The van der Waals surface area contributed by atoms with Crippen LogP contribution in [0.3, 0.4) is 0 Å². The minimum absolute atomic E-state index is 0. The first kappa shape index (κ1) is 83.9. The quantitative estimate of drug-likeness (QED) is 0.0154. The number of nitrogens with zero attached hydrogens (tertiary/aromatic N) is 9. The molecule has 4 amide bonds. The molecule has 0 radical (unpaired) electrons. The summed E-state index contributed by atoms with van der Waals surface area (Å²) in [5.74, 6) is -3.32. The molecule has 0 atom stereocenters. The van der Waals surface area contributed by atoms with Crippen LogP contribution in [0.25, 0.3) is 50.3 Å². The topological polar surface area (TPSA) is 405 Å². The van der Waals surface area contributed by atoms with Crippen LogP contribution >= 0.6 is 0 Å². The summed E-state index contributed by atoms with van der Waals surface area (Å²) < 4.78 is 51.4. The number of benzene rings is 6. The smallest absolute Gasteiger partial charge is 0.870 e. The summed E-state index contributed by atoms with van der Waals surface area (Å²) in [6.07, 6.45) is -1.10. The number of nitrogens with one attached hydrogen (secondary N) is 4. The molecule has 109 heavy (non-hydrogen) atoms. The van der Waals surface area contributed by atoms with E-state index in [-0.39, 0.29) is 96.9 Å². The minimum Gasteiger partial charge on any atom is -0.870 e. The summed E-state index contributed by atoms with van der Waals surface area (Å²) in [6.45, 7) is 10.5. The van der Waals surface area contributed by atoms with Gasteiger partial charge in [-0.25, -0.2) is 33.3 Å². The van der Waals surface area contributed by atoms with E-state index < -0.39 is 47.8 Å². The zero-order valence-corrected chi connectivity index (χ0v) is 62.0. The van der Waals surface area contributed by atoms with E-state index in [1.165, 1.54) is 0 Å². The molecule has 0 bridgehead atoms. The SMILES string of the molecule is CCOC(=O)Cc1ccccc1NC(=O)c1nc(-c2cccc(CN)c2)c2cccn2n1.CCOC(=O)Cc1ccccc1NC(=O)c1nc(-c2cccc(CNC(=O)OC(C)(C)C)c2)c2cccn2n1.NCc1cccc(-c2nc(C(=O)Nc3ccccc3CC(=O)O)nn3cccc23)c1.O=CC(F)(F)F.[Na+].[OH-]. The predicted octanol–water partition coefficient (Wildman–Crippen LogP) is 8.30. The van der Waals surface area contributed by atoms with Crippen molar-refractivity contribution in [1.82, 2.24) is 49.1 Å². The number of aliphatic carboxylic acids is 1. The van der Waals surface area contributed by atoms with E-state index in [0.717, 1.165) is 44.4 Å². The Balaban J connectivity index is 0.000000219. The van der Waals surface area contributed by atoms with Crippen molar-refractivity contribution in [1.29, 1.82) is 0 Å². The summed E-state index contributed by atoms with van der Waals surface area (Å²) in [6, 6.07) is 54.8. The number of rotatable bonds is 21. The number of anilines is 3. The number of hydrogen-bond donors (Lipinski definition) is 7.